The quantitative estimate of drug-likeness (QED) is 0.768. The summed E-state index contributed by atoms with van der Waals surface area (Å²) in [5.74, 6) is 0.0638. The zero-order valence-electron chi connectivity index (χ0n) is 10.3. The van der Waals surface area contributed by atoms with E-state index in [0.29, 0.717) is 18.4 Å². The van der Waals surface area contributed by atoms with Crippen LogP contribution in [0.15, 0.2) is 0 Å². The zero-order valence-corrected chi connectivity index (χ0v) is 11.1. The number of nitrogens with one attached hydrogen (secondary N) is 1. The smallest absolute Gasteiger partial charge is 0.221 e. The van der Waals surface area contributed by atoms with Crippen LogP contribution in [0.3, 0.4) is 0 Å². The molecule has 4 heteroatoms. The summed E-state index contributed by atoms with van der Waals surface area (Å²) in [6.45, 7) is 9.10. The Kier molecular flexibility index (Phi) is 9.07. The van der Waals surface area contributed by atoms with Crippen molar-refractivity contribution in [2.75, 3.05) is 6.54 Å². The SMILES string of the molecule is CC(CCC(C)(C)C)NC(=O)CCN.Cl. The molecule has 0 aromatic rings. The van der Waals surface area contributed by atoms with Crippen LogP contribution in [0.4, 0.5) is 0 Å². The van der Waals surface area contributed by atoms with Crippen molar-refractivity contribution in [3.63, 3.8) is 0 Å². The summed E-state index contributed by atoms with van der Waals surface area (Å²) in [7, 11) is 0. The molecule has 0 bridgehead atoms. The maximum absolute atomic E-state index is 11.2. The molecule has 92 valence electrons. The van der Waals surface area contributed by atoms with Crippen LogP contribution >= 0.6 is 12.4 Å². The number of amides is 1. The average Bonchev–Trinajstić information content (AvgIpc) is 2.00. The van der Waals surface area contributed by atoms with Gasteiger partial charge in [0.1, 0.15) is 0 Å². The highest BCUT2D eigenvalue weighted by molar-refractivity contribution is 5.85. The summed E-state index contributed by atoms with van der Waals surface area (Å²) >= 11 is 0. The first-order valence-electron chi connectivity index (χ1n) is 5.34. The Morgan fingerprint density at radius 3 is 2.33 bits per heavy atom. The van der Waals surface area contributed by atoms with Crippen molar-refractivity contribution in [2.24, 2.45) is 11.1 Å². The Balaban J connectivity index is 0. The van der Waals surface area contributed by atoms with Crippen LogP contribution in [0, 0.1) is 5.41 Å². The van der Waals surface area contributed by atoms with E-state index in [2.05, 4.69) is 26.1 Å². The second kappa shape index (κ2) is 7.94. The van der Waals surface area contributed by atoms with Crippen molar-refractivity contribution in [3.8, 4) is 0 Å². The molecule has 0 aromatic carbocycles. The van der Waals surface area contributed by atoms with Gasteiger partial charge >= 0.3 is 0 Å². The van der Waals surface area contributed by atoms with Crippen LogP contribution < -0.4 is 11.1 Å². The minimum absolute atomic E-state index is 0. The fraction of sp³-hybridized carbons (Fsp3) is 0.909. The number of carbonyl (C=O) groups excluding carboxylic acids is 1. The van der Waals surface area contributed by atoms with E-state index < -0.39 is 0 Å². The molecule has 3 nitrogen and oxygen atoms in total. The molecule has 0 saturated carbocycles. The lowest BCUT2D eigenvalue weighted by Crippen LogP contribution is -2.34. The number of hydrogen-bond acceptors (Lipinski definition) is 2. The van der Waals surface area contributed by atoms with Gasteiger partial charge in [-0.25, -0.2) is 0 Å². The third-order valence-electron chi connectivity index (χ3n) is 2.11. The minimum Gasteiger partial charge on any atom is -0.354 e. The summed E-state index contributed by atoms with van der Waals surface area (Å²) in [4.78, 5) is 11.2. The Labute approximate surface area is 99.6 Å². The van der Waals surface area contributed by atoms with Gasteiger partial charge in [0.25, 0.3) is 0 Å². The molecule has 0 aromatic heterocycles. The topological polar surface area (TPSA) is 55.1 Å². The van der Waals surface area contributed by atoms with Crippen molar-refractivity contribution in [2.45, 2.75) is 53.0 Å². The molecule has 0 heterocycles. The van der Waals surface area contributed by atoms with Gasteiger partial charge in [-0.2, -0.15) is 0 Å². The Hall–Kier alpha value is -0.280. The third kappa shape index (κ3) is 11.6. The van der Waals surface area contributed by atoms with E-state index >= 15 is 0 Å². The van der Waals surface area contributed by atoms with Crippen molar-refractivity contribution in [1.82, 2.24) is 5.32 Å². The van der Waals surface area contributed by atoms with Crippen molar-refractivity contribution in [3.05, 3.63) is 0 Å². The fourth-order valence-corrected chi connectivity index (χ4v) is 1.20. The van der Waals surface area contributed by atoms with E-state index in [-0.39, 0.29) is 24.4 Å². The summed E-state index contributed by atoms with van der Waals surface area (Å²) in [6.07, 6.45) is 2.58. The van der Waals surface area contributed by atoms with Gasteiger partial charge in [0.05, 0.1) is 0 Å². The van der Waals surface area contributed by atoms with Gasteiger partial charge in [-0.15, -0.1) is 12.4 Å². The van der Waals surface area contributed by atoms with Crippen LogP contribution in [0.25, 0.3) is 0 Å². The molecular formula is C11H25ClN2O. The first-order chi connectivity index (χ1) is 6.35. The van der Waals surface area contributed by atoms with E-state index in [1.807, 2.05) is 6.92 Å². The van der Waals surface area contributed by atoms with Gasteiger partial charge in [-0.3, -0.25) is 4.79 Å². The maximum atomic E-state index is 11.2. The van der Waals surface area contributed by atoms with Crippen LogP contribution in [0.5, 0.6) is 0 Å². The summed E-state index contributed by atoms with van der Waals surface area (Å²) in [6, 6.07) is 0.258. The predicted molar refractivity (Wildman–Crippen MR) is 67.2 cm³/mol. The molecule has 0 aliphatic heterocycles. The number of rotatable bonds is 5. The molecule has 1 unspecified atom stereocenters. The fourth-order valence-electron chi connectivity index (χ4n) is 1.20. The highest BCUT2D eigenvalue weighted by Crippen LogP contribution is 2.21. The Morgan fingerprint density at radius 2 is 1.93 bits per heavy atom. The first-order valence-corrected chi connectivity index (χ1v) is 5.34. The first kappa shape index (κ1) is 17.1. The molecule has 0 aliphatic carbocycles. The second-order valence-corrected chi connectivity index (χ2v) is 5.11. The Bertz CT molecular complexity index is 178. The lowest BCUT2D eigenvalue weighted by atomic mass is 9.89. The molecule has 0 spiro atoms. The van der Waals surface area contributed by atoms with Gasteiger partial charge in [0, 0.05) is 19.0 Å². The lowest BCUT2D eigenvalue weighted by molar-refractivity contribution is -0.121. The number of hydrogen-bond donors (Lipinski definition) is 2. The summed E-state index contributed by atoms with van der Waals surface area (Å²) < 4.78 is 0. The Morgan fingerprint density at radius 1 is 1.40 bits per heavy atom. The van der Waals surface area contributed by atoms with Gasteiger partial charge in [0.15, 0.2) is 0 Å². The molecule has 1 amide bonds. The number of halogens is 1. The van der Waals surface area contributed by atoms with Crippen LogP contribution in [-0.4, -0.2) is 18.5 Å². The molecule has 0 rings (SSSR count). The molecule has 0 saturated heterocycles. The van der Waals surface area contributed by atoms with Crippen molar-refractivity contribution in [1.29, 1.82) is 0 Å². The third-order valence-corrected chi connectivity index (χ3v) is 2.11. The lowest BCUT2D eigenvalue weighted by Gasteiger charge is -2.21. The van der Waals surface area contributed by atoms with Gasteiger partial charge in [-0.1, -0.05) is 20.8 Å². The van der Waals surface area contributed by atoms with Gasteiger partial charge in [-0.05, 0) is 25.2 Å². The van der Waals surface area contributed by atoms with Crippen LogP contribution in [0.1, 0.15) is 47.0 Å². The van der Waals surface area contributed by atoms with Crippen LogP contribution in [0.2, 0.25) is 0 Å². The van der Waals surface area contributed by atoms with E-state index in [9.17, 15) is 4.79 Å². The molecule has 0 fully saturated rings. The van der Waals surface area contributed by atoms with E-state index in [0.717, 1.165) is 12.8 Å². The van der Waals surface area contributed by atoms with E-state index in [1.54, 1.807) is 0 Å². The van der Waals surface area contributed by atoms with E-state index in [1.165, 1.54) is 0 Å². The summed E-state index contributed by atoms with van der Waals surface area (Å²) in [5, 5.41) is 2.93. The average molecular weight is 237 g/mol. The van der Waals surface area contributed by atoms with Crippen molar-refractivity contribution >= 4 is 18.3 Å². The number of carbonyl (C=O) groups is 1. The molecule has 0 radical (unpaired) electrons. The molecule has 1 atom stereocenters. The second-order valence-electron chi connectivity index (χ2n) is 5.11. The van der Waals surface area contributed by atoms with Crippen LogP contribution in [-0.2, 0) is 4.79 Å². The molecule has 3 N–H and O–H groups in total. The van der Waals surface area contributed by atoms with E-state index in [4.69, 9.17) is 5.73 Å². The normalized spacial score (nSPS) is 12.9. The monoisotopic (exact) mass is 236 g/mol. The molecular weight excluding hydrogens is 212 g/mol. The number of nitrogens with two attached hydrogens (primary N) is 1. The zero-order chi connectivity index (χ0) is 11.2. The predicted octanol–water partition coefficient (Wildman–Crippen LogP) is 2.09. The summed E-state index contributed by atoms with van der Waals surface area (Å²) in [5.41, 5.74) is 5.63. The molecule has 0 aliphatic rings. The van der Waals surface area contributed by atoms with Gasteiger partial charge in [0.2, 0.25) is 5.91 Å². The highest BCUT2D eigenvalue weighted by Gasteiger charge is 2.13. The van der Waals surface area contributed by atoms with Gasteiger partial charge < -0.3 is 11.1 Å². The molecule has 15 heavy (non-hydrogen) atoms. The largest absolute Gasteiger partial charge is 0.354 e. The standard InChI is InChI=1S/C11H24N2O.ClH/c1-9(5-7-11(2,3)4)13-10(14)6-8-12;/h9H,5-8,12H2,1-4H3,(H,13,14);1H. The highest BCUT2D eigenvalue weighted by atomic mass is 35.5. The maximum Gasteiger partial charge on any atom is 0.221 e. The minimum atomic E-state index is 0. The van der Waals surface area contributed by atoms with Crippen molar-refractivity contribution < 1.29 is 4.79 Å².